The van der Waals surface area contributed by atoms with Gasteiger partial charge >= 0.3 is 5.97 Å². The number of carboxylic acids is 1. The number of likely N-dealkylation sites (tertiary alicyclic amines) is 1. The maximum absolute atomic E-state index is 13.6. The van der Waals surface area contributed by atoms with E-state index in [1.54, 1.807) is 0 Å². The van der Waals surface area contributed by atoms with Crippen molar-refractivity contribution in [1.29, 1.82) is 0 Å². The second-order valence-corrected chi connectivity index (χ2v) is 13.2. The van der Waals surface area contributed by atoms with E-state index in [2.05, 4.69) is 26.6 Å². The van der Waals surface area contributed by atoms with Crippen LogP contribution in [0.15, 0.2) is 24.3 Å². The van der Waals surface area contributed by atoms with Gasteiger partial charge in [-0.2, -0.15) is 0 Å². The number of phenolic OH excluding ortho intramolecular Hbond substituents is 1. The van der Waals surface area contributed by atoms with E-state index in [0.29, 0.717) is 12.0 Å². The number of aliphatic carboxylic acids is 1. The molecule has 0 aliphatic carbocycles. The van der Waals surface area contributed by atoms with Gasteiger partial charge in [0.2, 0.25) is 53.2 Å². The fourth-order valence-corrected chi connectivity index (χ4v) is 5.65. The molecule has 314 valence electrons. The third kappa shape index (κ3) is 16.1. The van der Waals surface area contributed by atoms with Crippen LogP contribution in [0.4, 0.5) is 0 Å². The zero-order valence-electron chi connectivity index (χ0n) is 30.9. The summed E-state index contributed by atoms with van der Waals surface area (Å²) in [6.45, 7) is -1.74. The number of phenols is 1. The van der Waals surface area contributed by atoms with E-state index in [1.165, 1.54) is 24.3 Å². The molecule has 23 heteroatoms. The average Bonchev–Trinajstić information content (AvgIpc) is 3.65. The van der Waals surface area contributed by atoms with Gasteiger partial charge in [0.25, 0.3) is 0 Å². The predicted molar refractivity (Wildman–Crippen MR) is 195 cm³/mol. The molecule has 0 spiro atoms. The summed E-state index contributed by atoms with van der Waals surface area (Å²) >= 11 is 0. The van der Waals surface area contributed by atoms with Gasteiger partial charge in [0, 0.05) is 32.2 Å². The fourth-order valence-electron chi connectivity index (χ4n) is 5.65. The van der Waals surface area contributed by atoms with Crippen molar-refractivity contribution in [3.63, 3.8) is 0 Å². The molecule has 1 saturated heterocycles. The summed E-state index contributed by atoms with van der Waals surface area (Å²) in [5.74, 6) is -9.46. The summed E-state index contributed by atoms with van der Waals surface area (Å²) in [7, 11) is 0. The second-order valence-electron chi connectivity index (χ2n) is 13.2. The van der Waals surface area contributed by atoms with E-state index >= 15 is 0 Å². The highest BCUT2D eigenvalue weighted by molar-refractivity contribution is 5.96. The minimum Gasteiger partial charge on any atom is -0.508 e. The molecule has 0 radical (unpaired) electrons. The van der Waals surface area contributed by atoms with Crippen LogP contribution in [0.5, 0.6) is 5.75 Å². The Morgan fingerprint density at radius 3 is 1.75 bits per heavy atom. The highest BCUT2D eigenvalue weighted by Gasteiger charge is 2.39. The third-order valence-electron chi connectivity index (χ3n) is 8.73. The van der Waals surface area contributed by atoms with Crippen molar-refractivity contribution in [1.82, 2.24) is 31.5 Å². The highest BCUT2D eigenvalue weighted by Crippen LogP contribution is 2.20. The van der Waals surface area contributed by atoms with Crippen LogP contribution >= 0.6 is 0 Å². The van der Waals surface area contributed by atoms with Crippen molar-refractivity contribution in [2.24, 2.45) is 22.9 Å². The number of hydrogen-bond donors (Lipinski definition) is 12. The van der Waals surface area contributed by atoms with Gasteiger partial charge in [0.15, 0.2) is 0 Å². The van der Waals surface area contributed by atoms with Crippen LogP contribution in [0.1, 0.15) is 56.9 Å². The molecule has 1 aliphatic heterocycles. The molecule has 2 rings (SSSR count). The molecule has 57 heavy (non-hydrogen) atoms. The van der Waals surface area contributed by atoms with Crippen LogP contribution in [0.2, 0.25) is 0 Å². The monoisotopic (exact) mass is 806 g/mol. The minimum absolute atomic E-state index is 0.0761. The summed E-state index contributed by atoms with van der Waals surface area (Å²) in [6.07, 6.45) is -1.48. The number of carbonyl (C=O) groups excluding carboxylic acids is 9. The van der Waals surface area contributed by atoms with Crippen LogP contribution in [0, 0.1) is 0 Å². The molecule has 0 bridgehead atoms. The van der Waals surface area contributed by atoms with Crippen LogP contribution in [-0.2, 0) is 54.4 Å². The van der Waals surface area contributed by atoms with Crippen LogP contribution in [-0.4, -0.2) is 135 Å². The Morgan fingerprint density at radius 1 is 0.702 bits per heavy atom. The molecule has 1 heterocycles. The van der Waals surface area contributed by atoms with E-state index < -0.39 is 121 Å². The topological polar surface area (TPSA) is 399 Å². The maximum Gasteiger partial charge on any atom is 0.326 e. The molecule has 16 N–H and O–H groups in total. The number of amides is 9. The Morgan fingerprint density at radius 2 is 1.21 bits per heavy atom. The number of aliphatic hydroxyl groups is 1. The predicted octanol–water partition coefficient (Wildman–Crippen LogP) is -5.82. The molecule has 9 amide bonds. The normalized spacial score (nSPS) is 16.1. The highest BCUT2D eigenvalue weighted by atomic mass is 16.4. The van der Waals surface area contributed by atoms with Gasteiger partial charge in [-0.05, 0) is 49.8 Å². The van der Waals surface area contributed by atoms with Crippen molar-refractivity contribution in [2.45, 2.75) is 94.0 Å². The number of aromatic hydroxyl groups is 1. The molecule has 1 aromatic carbocycles. The van der Waals surface area contributed by atoms with Crippen molar-refractivity contribution in [3.8, 4) is 5.75 Å². The Labute approximate surface area is 326 Å². The number of rotatable bonds is 24. The number of nitrogens with zero attached hydrogens (tertiary/aromatic N) is 1. The first kappa shape index (κ1) is 46.8. The third-order valence-corrected chi connectivity index (χ3v) is 8.73. The number of hydrogen-bond acceptors (Lipinski definition) is 13. The number of carboxylic acid groups (broad SMARTS) is 1. The lowest BCUT2D eigenvalue weighted by Gasteiger charge is -2.29. The van der Waals surface area contributed by atoms with Gasteiger partial charge in [0.05, 0.1) is 19.2 Å². The zero-order valence-corrected chi connectivity index (χ0v) is 30.9. The lowest BCUT2D eigenvalue weighted by atomic mass is 10.0. The van der Waals surface area contributed by atoms with Crippen molar-refractivity contribution in [2.75, 3.05) is 19.7 Å². The smallest absolute Gasteiger partial charge is 0.326 e. The average molecular weight is 807 g/mol. The molecule has 23 nitrogen and oxygen atoms in total. The van der Waals surface area contributed by atoms with E-state index in [0.717, 1.165) is 4.90 Å². The number of carbonyl (C=O) groups is 10. The number of nitrogens with two attached hydrogens (primary N) is 4. The number of aliphatic hydroxyl groups excluding tert-OH is 1. The van der Waals surface area contributed by atoms with Crippen molar-refractivity contribution >= 4 is 59.1 Å². The SMILES string of the molecule is NC(=O)CC[C@H](NC(=O)CNC(=O)[C@H](CCC(N)=O)NC(=O)[C@@H](N)CCC(N)=O)C(=O)N[C@@H](CO)C(=O)N[C@@H](Cc1ccc(O)cc1)C(=O)N1CCC[C@H]1C(=O)O. The Bertz CT molecular complexity index is 1660. The van der Waals surface area contributed by atoms with Crippen LogP contribution in [0.25, 0.3) is 0 Å². The van der Waals surface area contributed by atoms with Crippen molar-refractivity contribution < 1.29 is 63.3 Å². The van der Waals surface area contributed by atoms with Gasteiger partial charge in [-0.15, -0.1) is 0 Å². The van der Waals surface area contributed by atoms with Crippen molar-refractivity contribution in [3.05, 3.63) is 29.8 Å². The first-order chi connectivity index (χ1) is 26.8. The van der Waals surface area contributed by atoms with E-state index in [4.69, 9.17) is 22.9 Å². The molecular formula is C34H50N10O13. The summed E-state index contributed by atoms with van der Waals surface area (Å²) < 4.78 is 0. The Kier molecular flexibility index (Phi) is 18.8. The van der Waals surface area contributed by atoms with Gasteiger partial charge < -0.3 is 69.7 Å². The number of primary amides is 3. The molecule has 0 unspecified atom stereocenters. The van der Waals surface area contributed by atoms with Crippen LogP contribution in [0.3, 0.4) is 0 Å². The Balaban J connectivity index is 2.17. The van der Waals surface area contributed by atoms with Gasteiger partial charge in [-0.1, -0.05) is 12.1 Å². The first-order valence-electron chi connectivity index (χ1n) is 17.8. The van der Waals surface area contributed by atoms with E-state index in [1.807, 2.05) is 0 Å². The molecule has 1 aliphatic rings. The summed E-state index contributed by atoms with van der Waals surface area (Å²) in [6, 6.07) is -2.89. The van der Waals surface area contributed by atoms with E-state index in [-0.39, 0.29) is 50.8 Å². The van der Waals surface area contributed by atoms with Gasteiger partial charge in [-0.3, -0.25) is 43.2 Å². The maximum atomic E-state index is 13.6. The number of benzene rings is 1. The number of nitrogens with one attached hydrogen (secondary N) is 5. The molecule has 1 aromatic rings. The molecule has 0 aromatic heterocycles. The molecule has 0 saturated carbocycles. The Hall–Kier alpha value is -6.36. The summed E-state index contributed by atoms with van der Waals surface area (Å²) in [4.78, 5) is 126. The molecule has 6 atom stereocenters. The largest absolute Gasteiger partial charge is 0.508 e. The zero-order chi connectivity index (χ0) is 42.8. The van der Waals surface area contributed by atoms with Gasteiger partial charge in [-0.25, -0.2) is 4.79 Å². The quantitative estimate of drug-likeness (QED) is 0.0463. The standard InChI is InChI=1S/C34H50N10O13/c35-19(7-10-25(36)47)29(51)41-20(8-11-26(37)48)30(52)39-15-28(50)40-21(9-12-27(38)49)31(53)43-23(16-45)32(54)42-22(14-17-3-5-18(46)6-4-17)33(55)44-13-1-2-24(44)34(56)57/h3-6,19-24,45-46H,1-2,7-16,35H2,(H2,36,47)(H2,37,48)(H2,38,49)(H,39,52)(H,40,50)(H,41,51)(H,42,54)(H,43,53)(H,56,57)/t19-,20-,21-,22-,23-,24-/m0/s1. The fraction of sp³-hybridized carbons (Fsp3) is 0.529. The lowest BCUT2D eigenvalue weighted by Crippen LogP contribution is -2.59. The first-order valence-corrected chi connectivity index (χ1v) is 17.8. The lowest BCUT2D eigenvalue weighted by molar-refractivity contribution is -0.149. The van der Waals surface area contributed by atoms with Crippen LogP contribution < -0.4 is 49.5 Å². The second kappa shape index (κ2) is 22.9. The van der Waals surface area contributed by atoms with E-state index in [9.17, 15) is 63.3 Å². The molecular weight excluding hydrogens is 756 g/mol. The molecule has 1 fully saturated rings. The minimum atomic E-state index is -1.74. The van der Waals surface area contributed by atoms with Gasteiger partial charge in [0.1, 0.15) is 36.0 Å². The summed E-state index contributed by atoms with van der Waals surface area (Å²) in [5, 5.41) is 40.8. The summed E-state index contributed by atoms with van der Waals surface area (Å²) in [5.41, 5.74) is 21.7.